The van der Waals surface area contributed by atoms with Crippen LogP contribution < -0.4 is 5.43 Å². The number of aryl methyl sites for hydroxylation is 2. The molecule has 0 saturated carbocycles. The number of rotatable bonds is 5. The van der Waals surface area contributed by atoms with Crippen LogP contribution in [0.25, 0.3) is 0 Å². The number of hydrogen-bond donors (Lipinski definition) is 1. The second kappa shape index (κ2) is 9.38. The van der Waals surface area contributed by atoms with E-state index in [0.717, 1.165) is 24.0 Å². The highest BCUT2D eigenvalue weighted by atomic mass is 19.1. The van der Waals surface area contributed by atoms with E-state index in [0.29, 0.717) is 18.4 Å². The van der Waals surface area contributed by atoms with Crippen molar-refractivity contribution in [2.45, 2.75) is 73.3 Å². The third kappa shape index (κ3) is 5.78. The van der Waals surface area contributed by atoms with Crippen molar-refractivity contribution in [3.63, 3.8) is 0 Å². The molecular formula is C24H33FN2O2. The molecular weight excluding hydrogens is 367 g/mol. The number of benzene rings is 1. The Morgan fingerprint density at radius 3 is 2.31 bits per heavy atom. The monoisotopic (exact) mass is 400 g/mol. The Balaban J connectivity index is 2.45. The van der Waals surface area contributed by atoms with E-state index in [1.807, 2.05) is 59.7 Å². The minimum absolute atomic E-state index is 0.0925. The first kappa shape index (κ1) is 22.9. The van der Waals surface area contributed by atoms with E-state index in [1.54, 1.807) is 6.08 Å². The van der Waals surface area contributed by atoms with E-state index < -0.39 is 11.7 Å². The Morgan fingerprint density at radius 1 is 1.17 bits per heavy atom. The van der Waals surface area contributed by atoms with Crippen LogP contribution in [0.15, 0.2) is 41.8 Å². The summed E-state index contributed by atoms with van der Waals surface area (Å²) in [7, 11) is 0. The van der Waals surface area contributed by atoms with E-state index in [2.05, 4.69) is 5.43 Å². The summed E-state index contributed by atoms with van der Waals surface area (Å²) in [5.41, 5.74) is 5.06. The molecule has 1 atom stereocenters. The molecule has 158 valence electrons. The van der Waals surface area contributed by atoms with Crippen molar-refractivity contribution < 1.29 is 14.0 Å². The maximum Gasteiger partial charge on any atom is 0.272 e. The van der Waals surface area contributed by atoms with Gasteiger partial charge in [-0.3, -0.25) is 15.0 Å². The molecule has 1 aliphatic rings. The summed E-state index contributed by atoms with van der Waals surface area (Å²) in [6.45, 7) is 12.1. The zero-order valence-corrected chi connectivity index (χ0v) is 18.4. The van der Waals surface area contributed by atoms with Gasteiger partial charge >= 0.3 is 0 Å². The Hall–Kier alpha value is -2.43. The van der Waals surface area contributed by atoms with Gasteiger partial charge in [-0.05, 0) is 56.7 Å². The molecule has 0 aromatic heterocycles. The van der Waals surface area contributed by atoms with E-state index in [-0.39, 0.29) is 22.9 Å². The molecule has 0 heterocycles. The van der Waals surface area contributed by atoms with Crippen LogP contribution in [0.1, 0.15) is 74.9 Å². The zero-order chi connectivity index (χ0) is 21.8. The first-order valence-electron chi connectivity index (χ1n) is 10.3. The average molecular weight is 401 g/mol. The molecule has 1 N–H and O–H groups in total. The van der Waals surface area contributed by atoms with Crippen LogP contribution in [0.2, 0.25) is 0 Å². The Labute approximate surface area is 173 Å². The summed E-state index contributed by atoms with van der Waals surface area (Å²) in [5, 5.41) is 1.43. The lowest BCUT2D eigenvalue weighted by atomic mass is 9.83. The lowest BCUT2D eigenvalue weighted by Crippen LogP contribution is -2.56. The molecule has 1 aromatic rings. The molecule has 1 aliphatic carbocycles. The molecule has 5 heteroatoms. The summed E-state index contributed by atoms with van der Waals surface area (Å²) in [5.74, 6) is -1.35. The van der Waals surface area contributed by atoms with E-state index in [4.69, 9.17) is 0 Å². The number of carbonyl (C=O) groups excluding carboxylic acids is 2. The number of carbonyl (C=O) groups is 2. The molecule has 2 rings (SSSR count). The van der Waals surface area contributed by atoms with Gasteiger partial charge in [0.1, 0.15) is 5.83 Å². The third-order valence-electron chi connectivity index (χ3n) is 5.17. The van der Waals surface area contributed by atoms with Gasteiger partial charge in [-0.1, -0.05) is 57.4 Å². The summed E-state index contributed by atoms with van der Waals surface area (Å²) >= 11 is 0. The fraction of sp³-hybridized carbons (Fsp3) is 0.500. The van der Waals surface area contributed by atoms with Crippen LogP contribution in [0.5, 0.6) is 0 Å². The number of amides is 2. The van der Waals surface area contributed by atoms with Gasteiger partial charge in [0.25, 0.3) is 11.8 Å². The van der Waals surface area contributed by atoms with Crippen molar-refractivity contribution >= 4 is 11.8 Å². The second-order valence-electron chi connectivity index (χ2n) is 8.93. The molecule has 2 amide bonds. The number of hydrazine groups is 1. The number of nitrogens with one attached hydrogen (secondary N) is 1. The van der Waals surface area contributed by atoms with Gasteiger partial charge in [-0.2, -0.15) is 0 Å². The number of nitrogens with zero attached hydrogens (tertiary/aromatic N) is 1. The quantitative estimate of drug-likeness (QED) is 0.657. The topological polar surface area (TPSA) is 49.4 Å². The molecule has 0 bridgehead atoms. The summed E-state index contributed by atoms with van der Waals surface area (Å²) in [6.07, 6.45) is 5.55. The van der Waals surface area contributed by atoms with Gasteiger partial charge in [-0.15, -0.1) is 0 Å². The molecule has 4 nitrogen and oxygen atoms in total. The number of hydrogen-bond acceptors (Lipinski definition) is 2. The maximum absolute atomic E-state index is 14.2. The largest absolute Gasteiger partial charge is 0.272 e. The third-order valence-corrected chi connectivity index (χ3v) is 5.17. The van der Waals surface area contributed by atoms with Crippen LogP contribution in [-0.2, 0) is 4.79 Å². The smallest absolute Gasteiger partial charge is 0.268 e. The zero-order valence-electron chi connectivity index (χ0n) is 18.4. The van der Waals surface area contributed by atoms with Crippen molar-refractivity contribution in [2.75, 3.05) is 0 Å². The molecule has 0 saturated heterocycles. The fourth-order valence-electron chi connectivity index (χ4n) is 3.76. The van der Waals surface area contributed by atoms with Crippen LogP contribution in [0, 0.1) is 19.3 Å². The van der Waals surface area contributed by atoms with Crippen molar-refractivity contribution in [3.05, 3.63) is 58.4 Å². The van der Waals surface area contributed by atoms with Crippen LogP contribution in [0.4, 0.5) is 4.39 Å². The first-order valence-corrected chi connectivity index (χ1v) is 10.3. The second-order valence-corrected chi connectivity index (χ2v) is 8.93. The highest BCUT2D eigenvalue weighted by Gasteiger charge is 2.35. The van der Waals surface area contributed by atoms with Gasteiger partial charge in [0.2, 0.25) is 0 Å². The van der Waals surface area contributed by atoms with E-state index in [9.17, 15) is 14.0 Å². The van der Waals surface area contributed by atoms with Crippen LogP contribution in [0.3, 0.4) is 0 Å². The minimum Gasteiger partial charge on any atom is -0.268 e. The SMILES string of the molecule is CCC[C@H](N(NC(=O)C1=C(F)C=CCC1)C(=O)c1cc(C)cc(C)c1)C(C)(C)C. The number of halogens is 1. The summed E-state index contributed by atoms with van der Waals surface area (Å²) in [6, 6.07) is 5.42. The lowest BCUT2D eigenvalue weighted by molar-refractivity contribution is -0.123. The standard InChI is InChI=1S/C24H33FN2O2/c1-7-10-21(24(4,5)6)27(23(29)18-14-16(2)13-17(3)15-18)26-22(28)19-11-8-9-12-20(19)25/h9,12-15,21H,7-8,10-11H2,1-6H3,(H,26,28)/t21-/m0/s1. The van der Waals surface area contributed by atoms with E-state index >= 15 is 0 Å². The van der Waals surface area contributed by atoms with Crippen molar-refractivity contribution in [3.8, 4) is 0 Å². The average Bonchev–Trinajstić information content (AvgIpc) is 2.62. The van der Waals surface area contributed by atoms with Gasteiger partial charge in [0.15, 0.2) is 0 Å². The highest BCUT2D eigenvalue weighted by molar-refractivity contribution is 5.99. The normalized spacial score (nSPS) is 15.3. The van der Waals surface area contributed by atoms with Crippen molar-refractivity contribution in [1.29, 1.82) is 0 Å². The molecule has 0 aliphatic heterocycles. The Bertz CT molecular complexity index is 814. The summed E-state index contributed by atoms with van der Waals surface area (Å²) < 4.78 is 14.2. The van der Waals surface area contributed by atoms with Crippen molar-refractivity contribution in [1.82, 2.24) is 10.4 Å². The maximum atomic E-state index is 14.2. The van der Waals surface area contributed by atoms with Gasteiger partial charge in [0, 0.05) is 5.56 Å². The Morgan fingerprint density at radius 2 is 1.79 bits per heavy atom. The highest BCUT2D eigenvalue weighted by Crippen LogP contribution is 2.29. The fourth-order valence-corrected chi connectivity index (χ4v) is 3.76. The number of allylic oxidation sites excluding steroid dienone is 3. The molecule has 1 aromatic carbocycles. The lowest BCUT2D eigenvalue weighted by Gasteiger charge is -2.40. The van der Waals surface area contributed by atoms with Crippen molar-refractivity contribution in [2.24, 2.45) is 5.41 Å². The molecule has 0 fully saturated rings. The molecule has 0 radical (unpaired) electrons. The van der Waals surface area contributed by atoms with Gasteiger partial charge in [0.05, 0.1) is 11.6 Å². The molecule has 0 unspecified atom stereocenters. The van der Waals surface area contributed by atoms with Gasteiger partial charge < -0.3 is 0 Å². The minimum atomic E-state index is -0.546. The predicted molar refractivity (Wildman–Crippen MR) is 115 cm³/mol. The molecule has 0 spiro atoms. The van der Waals surface area contributed by atoms with E-state index in [1.165, 1.54) is 11.1 Å². The van der Waals surface area contributed by atoms with Gasteiger partial charge in [-0.25, -0.2) is 9.40 Å². The van der Waals surface area contributed by atoms with Crippen LogP contribution >= 0.6 is 0 Å². The summed E-state index contributed by atoms with van der Waals surface area (Å²) in [4.78, 5) is 26.4. The van der Waals surface area contributed by atoms with Crippen LogP contribution in [-0.4, -0.2) is 22.9 Å². The predicted octanol–water partition coefficient (Wildman–Crippen LogP) is 5.57. The first-order chi connectivity index (χ1) is 13.5. The molecule has 29 heavy (non-hydrogen) atoms. The Kier molecular flexibility index (Phi) is 7.39.